The van der Waals surface area contributed by atoms with Gasteiger partial charge in [0.05, 0.1) is 6.21 Å². The van der Waals surface area contributed by atoms with Crippen molar-refractivity contribution < 1.29 is 15.0 Å². The first-order chi connectivity index (χ1) is 11.4. The van der Waals surface area contributed by atoms with Crippen molar-refractivity contribution in [3.8, 4) is 11.5 Å². The van der Waals surface area contributed by atoms with Crippen LogP contribution in [0.4, 0.5) is 5.69 Å². The van der Waals surface area contributed by atoms with Crippen LogP contribution in [0.15, 0.2) is 41.5 Å². The molecule has 0 aliphatic heterocycles. The fourth-order valence-electron chi connectivity index (χ4n) is 2.18. The minimum absolute atomic E-state index is 0.0417. The normalized spacial score (nSPS) is 12.1. The minimum atomic E-state index is -0.475. The Morgan fingerprint density at radius 1 is 1.17 bits per heavy atom. The Hall–Kier alpha value is -3.02. The van der Waals surface area contributed by atoms with Crippen molar-refractivity contribution in [2.45, 2.75) is 26.8 Å². The number of benzene rings is 2. The monoisotopic (exact) mass is 327 g/mol. The summed E-state index contributed by atoms with van der Waals surface area (Å²) in [7, 11) is 0. The molecule has 2 rings (SSSR count). The smallest absolute Gasteiger partial charge is 0.262 e. The lowest BCUT2D eigenvalue weighted by Crippen LogP contribution is -2.35. The quantitative estimate of drug-likeness (QED) is 0.502. The Morgan fingerprint density at radius 3 is 2.58 bits per heavy atom. The second-order valence-corrected chi connectivity index (χ2v) is 5.66. The highest BCUT2D eigenvalue weighted by Gasteiger charge is 2.12. The molecule has 0 fully saturated rings. The van der Waals surface area contributed by atoms with Crippen LogP contribution in [0.3, 0.4) is 0 Å². The molecular weight excluding hydrogens is 306 g/mol. The van der Waals surface area contributed by atoms with Gasteiger partial charge in [-0.3, -0.25) is 4.79 Å². The van der Waals surface area contributed by atoms with Gasteiger partial charge in [-0.25, -0.2) is 5.43 Å². The number of phenolic OH excluding ortho intramolecular Hbond substituents is 2. The molecule has 6 heteroatoms. The van der Waals surface area contributed by atoms with E-state index < -0.39 is 6.04 Å². The molecule has 0 spiro atoms. The number of carbonyl (C=O) groups excluding carboxylic acids is 1. The van der Waals surface area contributed by atoms with Crippen LogP contribution in [0.5, 0.6) is 11.5 Å². The standard InChI is InChI=1S/C18H21N3O3/c1-11-4-7-16(12(2)8-11)20-13(3)18(24)21-19-10-14-5-6-15(22)9-17(14)23/h4-10,13,20,22-23H,1-3H3,(H,21,24)/b19-10-/t13-/m1/s1. The average Bonchev–Trinajstić information content (AvgIpc) is 2.52. The third kappa shape index (κ3) is 4.49. The molecule has 2 aromatic carbocycles. The number of aryl methyl sites for hydroxylation is 2. The van der Waals surface area contributed by atoms with E-state index in [1.165, 1.54) is 24.4 Å². The summed E-state index contributed by atoms with van der Waals surface area (Å²) in [6, 6.07) is 9.60. The summed E-state index contributed by atoms with van der Waals surface area (Å²) in [4.78, 5) is 12.1. The van der Waals surface area contributed by atoms with Gasteiger partial charge in [0.25, 0.3) is 5.91 Å². The highest BCUT2D eigenvalue weighted by molar-refractivity contribution is 5.87. The molecule has 0 bridgehead atoms. The zero-order valence-corrected chi connectivity index (χ0v) is 13.9. The van der Waals surface area contributed by atoms with Gasteiger partial charge in [0.1, 0.15) is 17.5 Å². The molecule has 0 saturated carbocycles. The molecule has 1 amide bonds. The number of hydrazone groups is 1. The third-order valence-electron chi connectivity index (χ3n) is 3.54. The molecule has 4 N–H and O–H groups in total. The molecule has 0 heterocycles. The number of rotatable bonds is 5. The molecule has 2 aromatic rings. The maximum Gasteiger partial charge on any atom is 0.262 e. The predicted octanol–water partition coefficient (Wildman–Crippen LogP) is 2.67. The Balaban J connectivity index is 1.95. The van der Waals surface area contributed by atoms with Crippen LogP contribution in [-0.2, 0) is 4.79 Å². The van der Waals surface area contributed by atoms with E-state index >= 15 is 0 Å². The van der Waals surface area contributed by atoms with Crippen LogP contribution in [0.25, 0.3) is 0 Å². The van der Waals surface area contributed by atoms with Crippen LogP contribution in [-0.4, -0.2) is 28.4 Å². The lowest BCUT2D eigenvalue weighted by atomic mass is 10.1. The number of nitrogens with zero attached hydrogens (tertiary/aromatic N) is 1. The molecule has 0 aliphatic rings. The van der Waals surface area contributed by atoms with E-state index in [2.05, 4.69) is 15.8 Å². The highest BCUT2D eigenvalue weighted by Crippen LogP contribution is 2.20. The summed E-state index contributed by atoms with van der Waals surface area (Å²) in [6.45, 7) is 5.73. The van der Waals surface area contributed by atoms with E-state index in [0.717, 1.165) is 16.8 Å². The van der Waals surface area contributed by atoms with Crippen molar-refractivity contribution in [3.63, 3.8) is 0 Å². The van der Waals surface area contributed by atoms with Gasteiger partial charge in [0, 0.05) is 17.3 Å². The Morgan fingerprint density at radius 2 is 1.92 bits per heavy atom. The Kier molecular flexibility index (Phi) is 5.42. The number of hydrogen-bond acceptors (Lipinski definition) is 5. The van der Waals surface area contributed by atoms with Gasteiger partial charge in [-0.2, -0.15) is 5.10 Å². The molecule has 0 radical (unpaired) electrons. The van der Waals surface area contributed by atoms with Crippen molar-refractivity contribution >= 4 is 17.8 Å². The largest absolute Gasteiger partial charge is 0.508 e. The summed E-state index contributed by atoms with van der Waals surface area (Å²) in [5.41, 5.74) is 5.92. The van der Waals surface area contributed by atoms with Crippen molar-refractivity contribution in [1.82, 2.24) is 5.43 Å². The molecule has 0 aliphatic carbocycles. The second kappa shape index (κ2) is 7.50. The number of amides is 1. The first kappa shape index (κ1) is 17.3. The molecule has 24 heavy (non-hydrogen) atoms. The first-order valence-electron chi connectivity index (χ1n) is 7.55. The summed E-state index contributed by atoms with van der Waals surface area (Å²) >= 11 is 0. The number of nitrogens with one attached hydrogen (secondary N) is 2. The van der Waals surface area contributed by atoms with E-state index in [-0.39, 0.29) is 17.4 Å². The second-order valence-electron chi connectivity index (χ2n) is 5.66. The molecule has 0 aromatic heterocycles. The van der Waals surface area contributed by atoms with Crippen LogP contribution in [0.2, 0.25) is 0 Å². The van der Waals surface area contributed by atoms with Gasteiger partial charge < -0.3 is 15.5 Å². The lowest BCUT2D eigenvalue weighted by Gasteiger charge is -2.15. The zero-order chi connectivity index (χ0) is 17.7. The number of phenols is 2. The van der Waals surface area contributed by atoms with Crippen LogP contribution >= 0.6 is 0 Å². The minimum Gasteiger partial charge on any atom is -0.508 e. The molecule has 0 unspecified atom stereocenters. The van der Waals surface area contributed by atoms with Crippen LogP contribution < -0.4 is 10.7 Å². The van der Waals surface area contributed by atoms with E-state index in [4.69, 9.17) is 0 Å². The zero-order valence-electron chi connectivity index (χ0n) is 13.9. The van der Waals surface area contributed by atoms with Crippen molar-refractivity contribution in [2.75, 3.05) is 5.32 Å². The van der Waals surface area contributed by atoms with Crippen molar-refractivity contribution in [3.05, 3.63) is 53.1 Å². The Bertz CT molecular complexity index is 772. The average molecular weight is 327 g/mol. The maximum atomic E-state index is 12.1. The van der Waals surface area contributed by atoms with E-state index in [0.29, 0.717) is 5.56 Å². The first-order valence-corrected chi connectivity index (χ1v) is 7.55. The van der Waals surface area contributed by atoms with Crippen molar-refractivity contribution in [2.24, 2.45) is 5.10 Å². The molecular formula is C18H21N3O3. The number of hydrogen-bond donors (Lipinski definition) is 4. The number of carbonyl (C=O) groups is 1. The summed E-state index contributed by atoms with van der Waals surface area (Å²) < 4.78 is 0. The van der Waals surface area contributed by atoms with Crippen LogP contribution in [0.1, 0.15) is 23.6 Å². The summed E-state index contributed by atoms with van der Waals surface area (Å²) in [6.07, 6.45) is 1.32. The Labute approximate surface area is 140 Å². The fourth-order valence-corrected chi connectivity index (χ4v) is 2.18. The van der Waals surface area contributed by atoms with E-state index in [9.17, 15) is 15.0 Å². The van der Waals surface area contributed by atoms with E-state index in [1.54, 1.807) is 6.92 Å². The molecule has 0 saturated heterocycles. The lowest BCUT2D eigenvalue weighted by molar-refractivity contribution is -0.121. The summed E-state index contributed by atoms with van der Waals surface area (Å²) in [5, 5.41) is 25.8. The van der Waals surface area contributed by atoms with Crippen molar-refractivity contribution in [1.29, 1.82) is 0 Å². The van der Waals surface area contributed by atoms with Gasteiger partial charge in [-0.15, -0.1) is 0 Å². The third-order valence-corrected chi connectivity index (χ3v) is 3.54. The number of anilines is 1. The predicted molar refractivity (Wildman–Crippen MR) is 94.5 cm³/mol. The fraction of sp³-hybridized carbons (Fsp3) is 0.222. The van der Waals surface area contributed by atoms with Gasteiger partial charge in [-0.05, 0) is 44.5 Å². The van der Waals surface area contributed by atoms with E-state index in [1.807, 2.05) is 32.0 Å². The molecule has 6 nitrogen and oxygen atoms in total. The van der Waals surface area contributed by atoms with Crippen LogP contribution in [0, 0.1) is 13.8 Å². The number of aromatic hydroxyl groups is 2. The SMILES string of the molecule is Cc1ccc(N[C@H](C)C(=O)N/N=C\c2ccc(O)cc2O)c(C)c1. The van der Waals surface area contributed by atoms with Gasteiger partial charge in [0.2, 0.25) is 0 Å². The van der Waals surface area contributed by atoms with Gasteiger partial charge in [0.15, 0.2) is 0 Å². The van der Waals surface area contributed by atoms with Gasteiger partial charge in [-0.1, -0.05) is 17.7 Å². The molecule has 126 valence electrons. The molecule has 1 atom stereocenters. The highest BCUT2D eigenvalue weighted by atomic mass is 16.3. The maximum absolute atomic E-state index is 12.1. The summed E-state index contributed by atoms with van der Waals surface area (Å²) in [5.74, 6) is -0.459. The topological polar surface area (TPSA) is 94.0 Å². The van der Waals surface area contributed by atoms with Gasteiger partial charge >= 0.3 is 0 Å².